The predicted octanol–water partition coefficient (Wildman–Crippen LogP) is 3.83. The van der Waals surface area contributed by atoms with Crippen LogP contribution in [0.2, 0.25) is 0 Å². The summed E-state index contributed by atoms with van der Waals surface area (Å²) in [5.74, 6) is -1.11. The van der Waals surface area contributed by atoms with Gasteiger partial charge >= 0.3 is 11.9 Å². The molecule has 1 atom stereocenters. The van der Waals surface area contributed by atoms with Gasteiger partial charge in [0.25, 0.3) is 0 Å². The highest BCUT2D eigenvalue weighted by Gasteiger charge is 2.19. The van der Waals surface area contributed by atoms with Gasteiger partial charge in [-0.15, -0.1) is 0 Å². The second-order valence-electron chi connectivity index (χ2n) is 6.04. The number of ether oxygens (including phenoxy) is 1. The van der Waals surface area contributed by atoms with Crippen molar-refractivity contribution in [2.75, 3.05) is 0 Å². The van der Waals surface area contributed by atoms with Gasteiger partial charge in [0.2, 0.25) is 0 Å². The van der Waals surface area contributed by atoms with Crippen molar-refractivity contribution in [1.29, 1.82) is 0 Å². The Hall–Kier alpha value is -3.21. The highest BCUT2D eigenvalue weighted by Crippen LogP contribution is 2.13. The molecule has 0 radical (unpaired) electrons. The average molecular weight is 351 g/mol. The number of rotatable bonds is 7. The number of carbonyl (C=O) groups excluding carboxylic acids is 1. The molecule has 0 aliphatic rings. The smallest absolute Gasteiger partial charge is 0.336 e. The molecule has 5 nitrogen and oxygen atoms in total. The molecule has 26 heavy (non-hydrogen) atoms. The molecular formula is C21H21NO4. The summed E-state index contributed by atoms with van der Waals surface area (Å²) in [6.45, 7) is 3.61. The molecule has 134 valence electrons. The lowest BCUT2D eigenvalue weighted by Crippen LogP contribution is -2.24. The second kappa shape index (κ2) is 9.32. The zero-order chi connectivity index (χ0) is 18.9. The van der Waals surface area contributed by atoms with Crippen LogP contribution < -0.4 is 4.74 Å². The van der Waals surface area contributed by atoms with E-state index in [1.165, 1.54) is 12.3 Å². The number of hydrogen-bond acceptors (Lipinski definition) is 4. The molecule has 0 saturated heterocycles. The molecule has 0 heterocycles. The Morgan fingerprint density at radius 3 is 2.23 bits per heavy atom. The van der Waals surface area contributed by atoms with Crippen LogP contribution in [0, 0.1) is 5.92 Å². The SMILES string of the molecule is CC(C)C(N=Cc1ccc(OC(=O)C=Cc2ccccc2)cc1)C(=O)O. The number of benzene rings is 2. The lowest BCUT2D eigenvalue weighted by Gasteiger charge is -2.10. The van der Waals surface area contributed by atoms with Crippen LogP contribution in [0.1, 0.15) is 25.0 Å². The maximum absolute atomic E-state index is 11.8. The average Bonchev–Trinajstić information content (AvgIpc) is 2.62. The van der Waals surface area contributed by atoms with E-state index >= 15 is 0 Å². The lowest BCUT2D eigenvalue weighted by atomic mass is 10.1. The van der Waals surface area contributed by atoms with Crippen molar-refractivity contribution in [2.45, 2.75) is 19.9 Å². The molecule has 0 fully saturated rings. The van der Waals surface area contributed by atoms with E-state index in [1.54, 1.807) is 30.3 Å². The molecule has 0 aliphatic carbocycles. The summed E-state index contributed by atoms with van der Waals surface area (Å²) >= 11 is 0. The van der Waals surface area contributed by atoms with E-state index in [0.717, 1.165) is 11.1 Å². The zero-order valence-electron chi connectivity index (χ0n) is 14.7. The van der Waals surface area contributed by atoms with Gasteiger partial charge in [0.15, 0.2) is 0 Å². The quantitative estimate of drug-likeness (QED) is 0.356. The van der Waals surface area contributed by atoms with Gasteiger partial charge in [-0.05, 0) is 47.4 Å². The van der Waals surface area contributed by atoms with Gasteiger partial charge in [0, 0.05) is 12.3 Å². The summed E-state index contributed by atoms with van der Waals surface area (Å²) in [4.78, 5) is 27.1. The molecule has 2 rings (SSSR count). The van der Waals surface area contributed by atoms with E-state index in [4.69, 9.17) is 9.84 Å². The summed E-state index contributed by atoms with van der Waals surface area (Å²) in [7, 11) is 0. The molecule has 1 N–H and O–H groups in total. The Kier molecular flexibility index (Phi) is 6.85. The maximum atomic E-state index is 11.8. The molecule has 2 aromatic rings. The van der Waals surface area contributed by atoms with E-state index in [2.05, 4.69) is 4.99 Å². The van der Waals surface area contributed by atoms with Crippen LogP contribution in [-0.4, -0.2) is 29.3 Å². The van der Waals surface area contributed by atoms with Crippen molar-refractivity contribution >= 4 is 24.2 Å². The van der Waals surface area contributed by atoms with Crippen LogP contribution in [0.4, 0.5) is 0 Å². The van der Waals surface area contributed by atoms with Gasteiger partial charge in [-0.3, -0.25) is 4.99 Å². The fraction of sp³-hybridized carbons (Fsp3) is 0.190. The standard InChI is InChI=1S/C21H21NO4/c1-15(2)20(21(24)25)22-14-17-8-11-18(12-9-17)26-19(23)13-10-16-6-4-3-5-7-16/h3-15,20H,1-2H3,(H,24,25). The van der Waals surface area contributed by atoms with E-state index < -0.39 is 18.0 Å². The van der Waals surface area contributed by atoms with Gasteiger partial charge in [0.05, 0.1) is 0 Å². The van der Waals surface area contributed by atoms with Crippen molar-refractivity contribution in [3.8, 4) is 5.75 Å². The van der Waals surface area contributed by atoms with Crippen molar-refractivity contribution < 1.29 is 19.4 Å². The monoisotopic (exact) mass is 351 g/mol. The number of carbonyl (C=O) groups is 2. The van der Waals surface area contributed by atoms with Crippen LogP contribution >= 0.6 is 0 Å². The summed E-state index contributed by atoms with van der Waals surface area (Å²) < 4.78 is 5.23. The molecule has 0 aliphatic heterocycles. The normalized spacial score (nSPS) is 12.6. The minimum Gasteiger partial charge on any atom is -0.480 e. The minimum absolute atomic E-state index is 0.0969. The van der Waals surface area contributed by atoms with Crippen molar-refractivity contribution in [1.82, 2.24) is 0 Å². The summed E-state index contributed by atoms with van der Waals surface area (Å²) in [6.07, 6.45) is 4.56. The molecule has 0 spiro atoms. The highest BCUT2D eigenvalue weighted by molar-refractivity contribution is 5.89. The third kappa shape index (κ3) is 6.02. The molecule has 0 amide bonds. The molecular weight excluding hydrogens is 330 g/mol. The van der Waals surface area contributed by atoms with Crippen molar-refractivity contribution in [3.63, 3.8) is 0 Å². The first-order valence-electron chi connectivity index (χ1n) is 8.26. The molecule has 0 saturated carbocycles. The predicted molar refractivity (Wildman–Crippen MR) is 101 cm³/mol. The third-order valence-corrected chi connectivity index (χ3v) is 3.58. The fourth-order valence-electron chi connectivity index (χ4n) is 2.19. The van der Waals surface area contributed by atoms with E-state index in [0.29, 0.717) is 5.75 Å². The van der Waals surface area contributed by atoms with Gasteiger partial charge < -0.3 is 9.84 Å². The Labute approximate surface area is 152 Å². The van der Waals surface area contributed by atoms with E-state index in [-0.39, 0.29) is 5.92 Å². The Morgan fingerprint density at radius 2 is 1.65 bits per heavy atom. The molecule has 2 aromatic carbocycles. The topological polar surface area (TPSA) is 76.0 Å². The van der Waals surface area contributed by atoms with Crippen molar-refractivity contribution in [2.24, 2.45) is 10.9 Å². The molecule has 1 unspecified atom stereocenters. The first-order chi connectivity index (χ1) is 12.5. The van der Waals surface area contributed by atoms with Crippen LogP contribution in [0.15, 0.2) is 65.7 Å². The highest BCUT2D eigenvalue weighted by atomic mass is 16.5. The summed E-state index contributed by atoms with van der Waals surface area (Å²) in [5, 5.41) is 9.12. The third-order valence-electron chi connectivity index (χ3n) is 3.58. The molecule has 5 heteroatoms. The summed E-state index contributed by atoms with van der Waals surface area (Å²) in [6, 6.07) is 15.4. The lowest BCUT2D eigenvalue weighted by molar-refractivity contribution is -0.139. The van der Waals surface area contributed by atoms with Crippen LogP contribution in [0.3, 0.4) is 0 Å². The first kappa shape index (κ1) is 19.1. The van der Waals surface area contributed by atoms with Crippen LogP contribution in [0.5, 0.6) is 5.75 Å². The second-order valence-corrected chi connectivity index (χ2v) is 6.04. The van der Waals surface area contributed by atoms with Crippen molar-refractivity contribution in [3.05, 3.63) is 71.8 Å². The minimum atomic E-state index is -0.952. The number of carboxylic acid groups (broad SMARTS) is 1. The molecule has 0 bridgehead atoms. The van der Waals surface area contributed by atoms with Gasteiger partial charge in [-0.1, -0.05) is 44.2 Å². The largest absolute Gasteiger partial charge is 0.480 e. The fourth-order valence-corrected chi connectivity index (χ4v) is 2.19. The Bertz CT molecular complexity index is 793. The Balaban J connectivity index is 1.95. The van der Waals surface area contributed by atoms with E-state index in [9.17, 15) is 9.59 Å². The van der Waals surface area contributed by atoms with Gasteiger partial charge in [0.1, 0.15) is 11.8 Å². The first-order valence-corrected chi connectivity index (χ1v) is 8.26. The number of esters is 1. The van der Waals surface area contributed by atoms with Gasteiger partial charge in [-0.25, -0.2) is 9.59 Å². The number of hydrogen-bond donors (Lipinski definition) is 1. The number of aliphatic carboxylic acids is 1. The summed E-state index contributed by atoms with van der Waals surface area (Å²) in [5.41, 5.74) is 1.64. The van der Waals surface area contributed by atoms with E-state index in [1.807, 2.05) is 44.2 Å². The zero-order valence-corrected chi connectivity index (χ0v) is 14.7. The van der Waals surface area contributed by atoms with Crippen LogP contribution in [0.25, 0.3) is 6.08 Å². The Morgan fingerprint density at radius 1 is 1.00 bits per heavy atom. The number of carboxylic acids is 1. The van der Waals surface area contributed by atoms with Crippen LogP contribution in [-0.2, 0) is 9.59 Å². The number of nitrogens with zero attached hydrogens (tertiary/aromatic N) is 1. The number of aliphatic imine (C=N–C) groups is 1. The maximum Gasteiger partial charge on any atom is 0.336 e. The van der Waals surface area contributed by atoms with Gasteiger partial charge in [-0.2, -0.15) is 0 Å². The molecule has 0 aromatic heterocycles.